The lowest BCUT2D eigenvalue weighted by molar-refractivity contribution is -0.142. The molecule has 3 fully saturated rings. The summed E-state index contributed by atoms with van der Waals surface area (Å²) in [5, 5.41) is 5.94. The molecule has 0 bridgehead atoms. The normalized spacial score (nSPS) is 26.5. The van der Waals surface area contributed by atoms with Crippen LogP contribution >= 0.6 is 11.3 Å². The Morgan fingerprint density at radius 1 is 1.22 bits per heavy atom. The minimum Gasteiger partial charge on any atom is -0.356 e. The quantitative estimate of drug-likeness (QED) is 0.348. The molecule has 3 heterocycles. The number of nitrogens with one attached hydrogen (secondary N) is 3. The third-order valence-corrected chi connectivity index (χ3v) is 10.6. The zero-order valence-electron chi connectivity index (χ0n) is 23.8. The molecule has 6 unspecified atom stereocenters. The van der Waals surface area contributed by atoms with Crippen LogP contribution in [0.4, 0.5) is 0 Å². The van der Waals surface area contributed by atoms with Crippen LogP contribution in [-0.2, 0) is 24.4 Å². The number of ketones is 1. The Morgan fingerprint density at radius 2 is 1.93 bits per heavy atom. The molecule has 0 spiro atoms. The zero-order chi connectivity index (χ0) is 29.9. The third kappa shape index (κ3) is 5.76. The molecule has 1 aromatic heterocycles. The van der Waals surface area contributed by atoms with Gasteiger partial charge in [0.25, 0.3) is 0 Å². The van der Waals surface area contributed by atoms with Crippen molar-refractivity contribution in [2.24, 2.45) is 29.1 Å². The molecule has 1 saturated carbocycles. The van der Waals surface area contributed by atoms with Crippen LogP contribution in [0.2, 0.25) is 0 Å². The summed E-state index contributed by atoms with van der Waals surface area (Å²) in [5.41, 5.74) is 0.492. The first-order valence-corrected chi connectivity index (χ1v) is 16.7. The third-order valence-electron chi connectivity index (χ3n) is 8.85. The molecule has 0 radical (unpaired) electrons. The second-order valence-electron chi connectivity index (χ2n) is 12.4. The second kappa shape index (κ2) is 10.7. The van der Waals surface area contributed by atoms with E-state index in [1.165, 1.54) is 16.2 Å². The maximum Gasteiger partial charge on any atom is 0.243 e. The lowest BCUT2D eigenvalue weighted by Gasteiger charge is -2.34. The first-order chi connectivity index (χ1) is 19.2. The Bertz CT molecular complexity index is 1470. The number of aromatic nitrogens is 1. The van der Waals surface area contributed by atoms with Gasteiger partial charge in [-0.3, -0.25) is 19.2 Å². The van der Waals surface area contributed by atoms with E-state index in [2.05, 4.69) is 20.3 Å². The predicted molar refractivity (Wildman–Crippen MR) is 154 cm³/mol. The first-order valence-electron chi connectivity index (χ1n) is 13.9. The molecule has 222 valence electrons. The molecule has 13 heteroatoms. The van der Waals surface area contributed by atoms with Crippen molar-refractivity contribution in [3.8, 4) is 0 Å². The second-order valence-corrected chi connectivity index (χ2v) is 15.2. The molecule has 3 amide bonds. The van der Waals surface area contributed by atoms with E-state index in [4.69, 9.17) is 0 Å². The number of benzene rings is 1. The van der Waals surface area contributed by atoms with E-state index < -0.39 is 45.9 Å². The molecule has 2 aliphatic heterocycles. The maximum atomic E-state index is 14.0. The first kappa shape index (κ1) is 29.6. The molecular weight excluding hydrogens is 566 g/mol. The molecule has 3 aliphatic rings. The molecule has 1 aliphatic carbocycles. The van der Waals surface area contributed by atoms with Crippen molar-refractivity contribution < 1.29 is 27.6 Å². The van der Waals surface area contributed by atoms with Gasteiger partial charge in [0.2, 0.25) is 33.5 Å². The van der Waals surface area contributed by atoms with Gasteiger partial charge in [-0.15, -0.1) is 11.3 Å². The van der Waals surface area contributed by atoms with Gasteiger partial charge < -0.3 is 15.5 Å². The number of para-hydroxylation sites is 1. The van der Waals surface area contributed by atoms with Crippen LogP contribution in [0.25, 0.3) is 10.2 Å². The fraction of sp³-hybridized carbons (Fsp3) is 0.607. The van der Waals surface area contributed by atoms with Crippen LogP contribution in [0.15, 0.2) is 24.3 Å². The van der Waals surface area contributed by atoms with Crippen LogP contribution in [0.1, 0.15) is 50.3 Å². The van der Waals surface area contributed by atoms with Gasteiger partial charge in [-0.25, -0.2) is 18.1 Å². The van der Waals surface area contributed by atoms with Crippen molar-refractivity contribution in [3.05, 3.63) is 29.3 Å². The number of carbonyl (C=O) groups is 4. The molecule has 6 atom stereocenters. The zero-order valence-corrected chi connectivity index (χ0v) is 25.5. The Morgan fingerprint density at radius 3 is 2.54 bits per heavy atom. The highest BCUT2D eigenvalue weighted by molar-refractivity contribution is 7.88. The Kier molecular flexibility index (Phi) is 7.75. The molecular formula is C28H37N5O6S2. The monoisotopic (exact) mass is 603 g/mol. The number of rotatable bonds is 10. The van der Waals surface area contributed by atoms with Crippen molar-refractivity contribution in [2.45, 2.75) is 58.7 Å². The van der Waals surface area contributed by atoms with Crippen LogP contribution in [0, 0.1) is 29.1 Å². The number of fused-ring (bicyclic) bond motifs is 2. The predicted octanol–water partition coefficient (Wildman–Crippen LogP) is 1.55. The van der Waals surface area contributed by atoms with Crippen molar-refractivity contribution in [1.82, 2.24) is 25.2 Å². The number of Topliss-reactive ketones (excluding diaryl/α,β-unsaturated/α-hetero) is 1. The average Bonchev–Trinajstić information content (AvgIpc) is 3.40. The Labute approximate surface area is 243 Å². The van der Waals surface area contributed by atoms with Crippen molar-refractivity contribution in [2.75, 3.05) is 19.3 Å². The number of nitrogens with zero attached hydrogens (tertiary/aromatic N) is 2. The Hall–Kier alpha value is -2.90. The standard InChI is InChI=1S/C28H37N5O6S2/c1-14(2)21(32-41(5,38)39)27(37)33-13-16-20(28(16,3)4)22(33)25(36)30-18(12-15-10-11-29-24(15)35)23(34)26-31-17-8-6-7-9-19(17)40-26/h6-9,14-16,18,20-22,32H,10-13H2,1-5H3,(H,29,35)(H,30,36). The van der Waals surface area contributed by atoms with Crippen LogP contribution in [0.5, 0.6) is 0 Å². The molecule has 2 saturated heterocycles. The highest BCUT2D eigenvalue weighted by atomic mass is 32.2. The van der Waals surface area contributed by atoms with Gasteiger partial charge in [0.15, 0.2) is 5.01 Å². The van der Waals surface area contributed by atoms with Crippen molar-refractivity contribution in [3.63, 3.8) is 0 Å². The summed E-state index contributed by atoms with van der Waals surface area (Å²) in [5.74, 6) is -2.31. The minimum absolute atomic E-state index is 0.0762. The van der Waals surface area contributed by atoms with Gasteiger partial charge in [-0.05, 0) is 48.1 Å². The maximum absolute atomic E-state index is 14.0. The molecule has 5 rings (SSSR count). The molecule has 11 nitrogen and oxygen atoms in total. The fourth-order valence-corrected chi connectivity index (χ4v) is 8.26. The molecule has 3 N–H and O–H groups in total. The van der Waals surface area contributed by atoms with E-state index >= 15 is 0 Å². The average molecular weight is 604 g/mol. The highest BCUT2D eigenvalue weighted by Gasteiger charge is 2.69. The van der Waals surface area contributed by atoms with E-state index in [0.717, 1.165) is 11.0 Å². The summed E-state index contributed by atoms with van der Waals surface area (Å²) in [6, 6.07) is 4.48. The lowest BCUT2D eigenvalue weighted by atomic mass is 9.94. The number of likely N-dealkylation sites (tertiary alicyclic amines) is 1. The van der Waals surface area contributed by atoms with Gasteiger partial charge in [-0.2, -0.15) is 0 Å². The number of hydrogen-bond acceptors (Lipinski definition) is 8. The smallest absolute Gasteiger partial charge is 0.243 e. The van der Waals surface area contributed by atoms with E-state index in [9.17, 15) is 27.6 Å². The van der Waals surface area contributed by atoms with E-state index in [-0.39, 0.29) is 46.3 Å². The summed E-state index contributed by atoms with van der Waals surface area (Å²) in [4.78, 5) is 59.9. The number of carbonyl (C=O) groups excluding carboxylic acids is 4. The van der Waals surface area contributed by atoms with Gasteiger partial charge >= 0.3 is 0 Å². The summed E-state index contributed by atoms with van der Waals surface area (Å²) < 4.78 is 27.3. The van der Waals surface area contributed by atoms with Gasteiger partial charge in [0.1, 0.15) is 12.1 Å². The van der Waals surface area contributed by atoms with Gasteiger partial charge in [0, 0.05) is 19.0 Å². The largest absolute Gasteiger partial charge is 0.356 e. The summed E-state index contributed by atoms with van der Waals surface area (Å²) in [6.07, 6.45) is 1.67. The van der Waals surface area contributed by atoms with Crippen molar-refractivity contribution >= 4 is 55.1 Å². The van der Waals surface area contributed by atoms with Crippen LogP contribution in [0.3, 0.4) is 0 Å². The number of hydrogen-bond donors (Lipinski definition) is 3. The van der Waals surface area contributed by atoms with E-state index in [1.807, 2.05) is 38.1 Å². The molecule has 2 aromatic rings. The molecule has 41 heavy (non-hydrogen) atoms. The van der Waals surface area contributed by atoms with E-state index in [0.29, 0.717) is 25.0 Å². The topological polar surface area (TPSA) is 155 Å². The van der Waals surface area contributed by atoms with Gasteiger partial charge in [-0.1, -0.05) is 39.8 Å². The summed E-state index contributed by atoms with van der Waals surface area (Å²) in [7, 11) is -3.68. The lowest BCUT2D eigenvalue weighted by Crippen LogP contribution is -2.58. The van der Waals surface area contributed by atoms with Gasteiger partial charge in [0.05, 0.1) is 22.5 Å². The van der Waals surface area contributed by atoms with Crippen LogP contribution < -0.4 is 15.4 Å². The SMILES string of the molecule is CC(C)C(NS(C)(=O)=O)C(=O)N1CC2C(C1C(=O)NC(CC1CCNC1=O)C(=O)c1nc3ccccc3s1)C2(C)C. The number of sulfonamides is 1. The number of thiazole rings is 1. The molecule has 1 aromatic carbocycles. The van der Waals surface area contributed by atoms with Crippen molar-refractivity contribution in [1.29, 1.82) is 0 Å². The highest BCUT2D eigenvalue weighted by Crippen LogP contribution is 2.65. The number of piperidine rings is 1. The summed E-state index contributed by atoms with van der Waals surface area (Å²) in [6.45, 7) is 8.42. The fourth-order valence-electron chi connectivity index (χ4n) is 6.46. The summed E-state index contributed by atoms with van der Waals surface area (Å²) >= 11 is 1.24. The Balaban J connectivity index is 1.43. The number of amides is 3. The minimum atomic E-state index is -3.68. The van der Waals surface area contributed by atoms with E-state index in [1.54, 1.807) is 13.8 Å². The van der Waals surface area contributed by atoms with Crippen LogP contribution in [-0.4, -0.2) is 79.3 Å².